The van der Waals surface area contributed by atoms with Crippen LogP contribution in [0.15, 0.2) is 0 Å². The van der Waals surface area contributed by atoms with Crippen LogP contribution in [0.5, 0.6) is 0 Å². The number of urea groups is 2. The molecule has 0 aromatic rings. The summed E-state index contributed by atoms with van der Waals surface area (Å²) in [6.45, 7) is 3.45. The minimum absolute atomic E-state index is 0.171. The second kappa shape index (κ2) is 6.62. The van der Waals surface area contributed by atoms with E-state index in [1.807, 2.05) is 5.48 Å². The highest BCUT2D eigenvalue weighted by atomic mass is 16.6. The summed E-state index contributed by atoms with van der Waals surface area (Å²) >= 11 is 0. The summed E-state index contributed by atoms with van der Waals surface area (Å²) in [5.41, 5.74) is 1.92. The average molecular weight is 232 g/mol. The van der Waals surface area contributed by atoms with Crippen molar-refractivity contribution in [1.29, 1.82) is 5.41 Å². The molecule has 4 amide bonds. The quantitative estimate of drug-likeness (QED) is 0.361. The van der Waals surface area contributed by atoms with Crippen molar-refractivity contribution in [2.45, 2.75) is 19.9 Å². The molecule has 0 aliphatic carbocycles. The molecule has 0 spiro atoms. The van der Waals surface area contributed by atoms with Gasteiger partial charge >= 0.3 is 18.1 Å². The molecule has 92 valence electrons. The van der Waals surface area contributed by atoms with Crippen molar-refractivity contribution >= 4 is 18.1 Å². The summed E-state index contributed by atoms with van der Waals surface area (Å²) in [5.74, 6) is 0. The Morgan fingerprint density at radius 1 is 1.25 bits per heavy atom. The Balaban J connectivity index is 4.73. The molecule has 8 heteroatoms. The molecule has 0 aliphatic rings. The lowest BCUT2D eigenvalue weighted by molar-refractivity contribution is 0.0957. The van der Waals surface area contributed by atoms with Gasteiger partial charge in [-0.05, 0) is 13.8 Å². The molecule has 0 heterocycles. The lowest BCUT2D eigenvalue weighted by Crippen LogP contribution is -2.52. The van der Waals surface area contributed by atoms with Gasteiger partial charge < -0.3 is 10.1 Å². The number of ether oxygens (including phenoxy) is 1. The lowest BCUT2D eigenvalue weighted by atomic mass is 10.4. The SMILES string of the molecule is CONC(=O)N(C(=N)OC)C(=O)NC(C)C. The van der Waals surface area contributed by atoms with Crippen molar-refractivity contribution in [2.75, 3.05) is 14.2 Å². The number of carbonyl (C=O) groups excluding carboxylic acids is 2. The maximum Gasteiger partial charge on any atom is 0.357 e. The average Bonchev–Trinajstić information content (AvgIpc) is 2.16. The van der Waals surface area contributed by atoms with Gasteiger partial charge in [-0.2, -0.15) is 4.90 Å². The highest BCUT2D eigenvalue weighted by Crippen LogP contribution is 1.95. The van der Waals surface area contributed by atoms with Crippen LogP contribution in [0.1, 0.15) is 13.8 Å². The lowest BCUT2D eigenvalue weighted by Gasteiger charge is -2.21. The van der Waals surface area contributed by atoms with Gasteiger partial charge in [-0.15, -0.1) is 0 Å². The van der Waals surface area contributed by atoms with E-state index in [9.17, 15) is 9.59 Å². The first-order valence-electron chi connectivity index (χ1n) is 4.50. The first-order valence-corrected chi connectivity index (χ1v) is 4.50. The zero-order valence-electron chi connectivity index (χ0n) is 9.66. The summed E-state index contributed by atoms with van der Waals surface area (Å²) in [5, 5.41) is 9.75. The Labute approximate surface area is 93.3 Å². The maximum absolute atomic E-state index is 11.5. The molecule has 0 unspecified atom stereocenters. The fourth-order valence-corrected chi connectivity index (χ4v) is 0.812. The molecule has 0 saturated carbocycles. The minimum Gasteiger partial charge on any atom is -0.468 e. The standard InChI is InChI=1S/C8H16N4O4/c1-5(2)10-7(13)12(6(9)15-3)8(14)11-16-4/h5,9H,1-4H3,(H,10,13)(H,11,14). The molecular weight excluding hydrogens is 216 g/mol. The zero-order valence-corrected chi connectivity index (χ0v) is 9.66. The Bertz CT molecular complexity index is 279. The summed E-state index contributed by atoms with van der Waals surface area (Å²) < 4.78 is 4.51. The van der Waals surface area contributed by atoms with E-state index in [4.69, 9.17) is 5.41 Å². The molecule has 0 rings (SSSR count). The number of amides is 4. The number of hydrogen-bond donors (Lipinski definition) is 3. The highest BCUT2D eigenvalue weighted by molar-refractivity contribution is 6.07. The van der Waals surface area contributed by atoms with E-state index in [1.165, 1.54) is 14.2 Å². The molecule has 0 saturated heterocycles. The maximum atomic E-state index is 11.5. The van der Waals surface area contributed by atoms with Gasteiger partial charge in [0, 0.05) is 6.04 Å². The molecule has 0 bridgehead atoms. The van der Waals surface area contributed by atoms with E-state index in [0.29, 0.717) is 4.90 Å². The number of hydroxylamine groups is 1. The third-order valence-corrected chi connectivity index (χ3v) is 1.40. The van der Waals surface area contributed by atoms with E-state index in [1.54, 1.807) is 13.8 Å². The van der Waals surface area contributed by atoms with E-state index in [2.05, 4.69) is 14.9 Å². The molecule has 3 N–H and O–H groups in total. The first kappa shape index (κ1) is 14.2. The van der Waals surface area contributed by atoms with Gasteiger partial charge in [0.15, 0.2) is 0 Å². The second-order valence-corrected chi connectivity index (χ2v) is 3.06. The number of carbonyl (C=O) groups is 2. The molecule has 0 aromatic carbocycles. The van der Waals surface area contributed by atoms with Crippen LogP contribution in [0, 0.1) is 5.41 Å². The monoisotopic (exact) mass is 232 g/mol. The fraction of sp³-hybridized carbons (Fsp3) is 0.625. The fourth-order valence-electron chi connectivity index (χ4n) is 0.812. The molecule has 0 radical (unpaired) electrons. The van der Waals surface area contributed by atoms with Crippen LogP contribution >= 0.6 is 0 Å². The van der Waals surface area contributed by atoms with Gasteiger partial charge in [0.25, 0.3) is 0 Å². The topological polar surface area (TPSA) is 104 Å². The van der Waals surface area contributed by atoms with Crippen molar-refractivity contribution < 1.29 is 19.2 Å². The van der Waals surface area contributed by atoms with Crippen molar-refractivity contribution in [1.82, 2.24) is 15.7 Å². The number of nitrogens with one attached hydrogen (secondary N) is 3. The largest absolute Gasteiger partial charge is 0.468 e. The Morgan fingerprint density at radius 3 is 2.19 bits per heavy atom. The summed E-state index contributed by atoms with van der Waals surface area (Å²) in [6.07, 6.45) is 0. The van der Waals surface area contributed by atoms with Crippen LogP contribution in [0.3, 0.4) is 0 Å². The molecular formula is C8H16N4O4. The Morgan fingerprint density at radius 2 is 1.81 bits per heavy atom. The molecule has 0 fully saturated rings. The normalized spacial score (nSPS) is 9.56. The van der Waals surface area contributed by atoms with Gasteiger partial charge in [0.05, 0.1) is 14.2 Å². The molecule has 8 nitrogen and oxygen atoms in total. The van der Waals surface area contributed by atoms with E-state index in [-0.39, 0.29) is 6.04 Å². The van der Waals surface area contributed by atoms with Gasteiger partial charge in [0.2, 0.25) is 0 Å². The summed E-state index contributed by atoms with van der Waals surface area (Å²) in [4.78, 5) is 27.8. The van der Waals surface area contributed by atoms with Crippen LogP contribution in [0.4, 0.5) is 9.59 Å². The van der Waals surface area contributed by atoms with E-state index < -0.39 is 18.1 Å². The minimum atomic E-state index is -0.910. The molecule has 0 atom stereocenters. The number of rotatable bonds is 2. The van der Waals surface area contributed by atoms with Crippen LogP contribution in [0.25, 0.3) is 0 Å². The molecule has 0 aliphatic heterocycles. The number of nitrogens with zero attached hydrogens (tertiary/aromatic N) is 1. The molecule has 16 heavy (non-hydrogen) atoms. The van der Waals surface area contributed by atoms with E-state index >= 15 is 0 Å². The van der Waals surface area contributed by atoms with Crippen molar-refractivity contribution in [2.24, 2.45) is 0 Å². The summed E-state index contributed by atoms with van der Waals surface area (Å²) in [6, 6.07) is -2.45. The van der Waals surface area contributed by atoms with Gasteiger partial charge in [-0.25, -0.2) is 15.1 Å². The Kier molecular flexibility index (Phi) is 5.86. The number of hydrogen-bond acceptors (Lipinski definition) is 5. The van der Waals surface area contributed by atoms with Crippen LogP contribution in [0.2, 0.25) is 0 Å². The van der Waals surface area contributed by atoms with Crippen molar-refractivity contribution in [3.8, 4) is 0 Å². The zero-order chi connectivity index (χ0) is 12.7. The van der Waals surface area contributed by atoms with E-state index in [0.717, 1.165) is 0 Å². The number of amidine groups is 1. The predicted octanol–water partition coefficient (Wildman–Crippen LogP) is 0.259. The number of methoxy groups -OCH3 is 1. The summed E-state index contributed by atoms with van der Waals surface area (Å²) in [7, 11) is 2.39. The van der Waals surface area contributed by atoms with Crippen LogP contribution in [-0.2, 0) is 9.57 Å². The molecule has 0 aromatic heterocycles. The second-order valence-electron chi connectivity index (χ2n) is 3.06. The third kappa shape index (κ3) is 4.13. The first-order chi connectivity index (χ1) is 7.43. The predicted molar refractivity (Wildman–Crippen MR) is 55.8 cm³/mol. The van der Waals surface area contributed by atoms with Gasteiger partial charge in [-0.1, -0.05) is 0 Å². The van der Waals surface area contributed by atoms with Crippen LogP contribution < -0.4 is 10.8 Å². The van der Waals surface area contributed by atoms with Crippen molar-refractivity contribution in [3.05, 3.63) is 0 Å². The van der Waals surface area contributed by atoms with Gasteiger partial charge in [0.1, 0.15) is 0 Å². The highest BCUT2D eigenvalue weighted by Gasteiger charge is 2.27. The third-order valence-electron chi connectivity index (χ3n) is 1.40. The van der Waals surface area contributed by atoms with Crippen LogP contribution in [-0.4, -0.2) is 43.2 Å². The Hall–Kier alpha value is -1.83. The van der Waals surface area contributed by atoms with Gasteiger partial charge in [-0.3, -0.25) is 10.2 Å². The smallest absolute Gasteiger partial charge is 0.357 e. The van der Waals surface area contributed by atoms with Crippen molar-refractivity contribution in [3.63, 3.8) is 0 Å². The number of imide groups is 1.